The molecule has 0 atom stereocenters. The predicted molar refractivity (Wildman–Crippen MR) is 71.8 cm³/mol. The van der Waals surface area contributed by atoms with E-state index < -0.39 is 0 Å². The molecule has 0 saturated heterocycles. The molecule has 0 amide bonds. The smallest absolute Gasteiger partial charge is 0.276 e. The van der Waals surface area contributed by atoms with Crippen molar-refractivity contribution in [2.45, 2.75) is 6.42 Å². The number of nitrogens with zero attached hydrogens (tertiary/aromatic N) is 3. The molecule has 3 aromatic rings. The largest absolute Gasteiger partial charge is 0.332 e. The van der Waals surface area contributed by atoms with Crippen LogP contribution in [0.2, 0.25) is 5.02 Å². The number of hydrogen-bond acceptors (Lipinski definition) is 4. The van der Waals surface area contributed by atoms with Crippen molar-refractivity contribution in [3.63, 3.8) is 0 Å². The highest BCUT2D eigenvalue weighted by Crippen LogP contribution is 2.16. The molecular formula is C14H10ClN3O. The van der Waals surface area contributed by atoms with Crippen LogP contribution in [0.15, 0.2) is 53.2 Å². The molecule has 0 radical (unpaired) electrons. The first-order valence-electron chi connectivity index (χ1n) is 5.80. The molecule has 0 saturated carbocycles. The zero-order valence-electron chi connectivity index (χ0n) is 9.95. The van der Waals surface area contributed by atoms with Crippen LogP contribution < -0.4 is 0 Å². The average Bonchev–Trinajstić information content (AvgIpc) is 2.91. The lowest BCUT2D eigenvalue weighted by Gasteiger charge is -1.96. The SMILES string of the molecule is Clc1ccc(Cc2noc(-c3ccccn3)n2)cc1. The Morgan fingerprint density at radius 2 is 1.89 bits per heavy atom. The Hall–Kier alpha value is -2.20. The zero-order chi connectivity index (χ0) is 13.1. The number of pyridine rings is 1. The minimum Gasteiger partial charge on any atom is -0.332 e. The van der Waals surface area contributed by atoms with Crippen LogP contribution in [0.4, 0.5) is 0 Å². The Bertz CT molecular complexity index is 665. The maximum absolute atomic E-state index is 5.84. The summed E-state index contributed by atoms with van der Waals surface area (Å²) in [6.07, 6.45) is 2.30. The number of aromatic nitrogens is 3. The molecule has 1 aromatic carbocycles. The summed E-state index contributed by atoms with van der Waals surface area (Å²) in [6.45, 7) is 0. The van der Waals surface area contributed by atoms with Crippen LogP contribution >= 0.6 is 11.6 Å². The van der Waals surface area contributed by atoms with E-state index in [4.69, 9.17) is 16.1 Å². The fraction of sp³-hybridized carbons (Fsp3) is 0.0714. The lowest BCUT2D eigenvalue weighted by atomic mass is 10.1. The van der Waals surface area contributed by atoms with Crippen molar-refractivity contribution in [2.75, 3.05) is 0 Å². The van der Waals surface area contributed by atoms with Crippen LogP contribution in [0.25, 0.3) is 11.6 Å². The summed E-state index contributed by atoms with van der Waals surface area (Å²) in [4.78, 5) is 8.49. The molecule has 3 rings (SSSR count). The van der Waals surface area contributed by atoms with Crippen molar-refractivity contribution in [1.29, 1.82) is 0 Å². The molecule has 0 aliphatic heterocycles. The number of benzene rings is 1. The van der Waals surface area contributed by atoms with E-state index in [0.717, 1.165) is 5.56 Å². The summed E-state index contributed by atoms with van der Waals surface area (Å²) in [6, 6.07) is 13.1. The summed E-state index contributed by atoms with van der Waals surface area (Å²) in [7, 11) is 0. The summed E-state index contributed by atoms with van der Waals surface area (Å²) < 4.78 is 5.20. The Morgan fingerprint density at radius 3 is 2.63 bits per heavy atom. The van der Waals surface area contributed by atoms with Gasteiger partial charge in [-0.15, -0.1) is 0 Å². The molecule has 2 aromatic heterocycles. The molecule has 0 fully saturated rings. The first-order chi connectivity index (χ1) is 9.31. The van der Waals surface area contributed by atoms with Crippen molar-refractivity contribution in [3.05, 3.63) is 65.1 Å². The van der Waals surface area contributed by atoms with Crippen LogP contribution in [0.1, 0.15) is 11.4 Å². The topological polar surface area (TPSA) is 51.8 Å². The van der Waals surface area contributed by atoms with Crippen LogP contribution in [0, 0.1) is 0 Å². The molecule has 0 bridgehead atoms. The maximum Gasteiger partial charge on any atom is 0.276 e. The summed E-state index contributed by atoms with van der Waals surface area (Å²) >= 11 is 5.84. The Morgan fingerprint density at radius 1 is 1.05 bits per heavy atom. The van der Waals surface area contributed by atoms with Gasteiger partial charge in [0.15, 0.2) is 5.82 Å². The van der Waals surface area contributed by atoms with E-state index in [1.54, 1.807) is 6.20 Å². The summed E-state index contributed by atoms with van der Waals surface area (Å²) in [5.41, 5.74) is 1.76. The van der Waals surface area contributed by atoms with Crippen molar-refractivity contribution in [3.8, 4) is 11.6 Å². The second-order valence-electron chi connectivity index (χ2n) is 4.03. The molecule has 0 spiro atoms. The minimum atomic E-state index is 0.435. The highest BCUT2D eigenvalue weighted by atomic mass is 35.5. The molecule has 94 valence electrons. The van der Waals surface area contributed by atoms with Gasteiger partial charge in [0.05, 0.1) is 0 Å². The van der Waals surface area contributed by atoms with E-state index in [9.17, 15) is 0 Å². The second kappa shape index (κ2) is 5.20. The molecular weight excluding hydrogens is 262 g/mol. The highest BCUT2D eigenvalue weighted by molar-refractivity contribution is 6.30. The molecule has 5 heteroatoms. The summed E-state index contributed by atoms with van der Waals surface area (Å²) in [5, 5.41) is 4.67. The van der Waals surface area contributed by atoms with Crippen LogP contribution in [-0.2, 0) is 6.42 Å². The monoisotopic (exact) mass is 271 g/mol. The standard InChI is InChI=1S/C14H10ClN3O/c15-11-6-4-10(5-7-11)9-13-17-14(19-18-13)12-3-1-2-8-16-12/h1-8H,9H2. The van der Waals surface area contributed by atoms with Gasteiger partial charge < -0.3 is 4.52 Å². The van der Waals surface area contributed by atoms with Gasteiger partial charge >= 0.3 is 0 Å². The third-order valence-electron chi connectivity index (χ3n) is 2.63. The van der Waals surface area contributed by atoms with Gasteiger partial charge in [-0.25, -0.2) is 0 Å². The number of halogens is 1. The molecule has 19 heavy (non-hydrogen) atoms. The first-order valence-corrected chi connectivity index (χ1v) is 6.17. The van der Waals surface area contributed by atoms with Gasteiger partial charge in [0, 0.05) is 17.6 Å². The van der Waals surface area contributed by atoms with Gasteiger partial charge in [-0.3, -0.25) is 4.98 Å². The Kier molecular flexibility index (Phi) is 3.25. The fourth-order valence-corrected chi connectivity index (χ4v) is 1.83. The quantitative estimate of drug-likeness (QED) is 0.733. The highest BCUT2D eigenvalue weighted by Gasteiger charge is 2.09. The van der Waals surface area contributed by atoms with Gasteiger partial charge in [-0.2, -0.15) is 4.98 Å². The first kappa shape index (κ1) is 11.9. The lowest BCUT2D eigenvalue weighted by Crippen LogP contribution is -1.90. The fourth-order valence-electron chi connectivity index (χ4n) is 1.70. The van der Waals surface area contributed by atoms with E-state index in [0.29, 0.717) is 28.9 Å². The van der Waals surface area contributed by atoms with Gasteiger partial charge in [0.25, 0.3) is 5.89 Å². The molecule has 2 heterocycles. The van der Waals surface area contributed by atoms with Crippen molar-refractivity contribution >= 4 is 11.6 Å². The number of rotatable bonds is 3. The van der Waals surface area contributed by atoms with Crippen LogP contribution in [0.5, 0.6) is 0 Å². The Labute approximate surface area is 115 Å². The van der Waals surface area contributed by atoms with E-state index in [2.05, 4.69) is 15.1 Å². The molecule has 0 aliphatic carbocycles. The molecule has 0 N–H and O–H groups in total. The molecule has 4 nitrogen and oxygen atoms in total. The lowest BCUT2D eigenvalue weighted by molar-refractivity contribution is 0.422. The molecule has 0 unspecified atom stereocenters. The van der Waals surface area contributed by atoms with E-state index >= 15 is 0 Å². The van der Waals surface area contributed by atoms with Gasteiger partial charge in [-0.1, -0.05) is 35.0 Å². The van der Waals surface area contributed by atoms with Crippen LogP contribution in [0.3, 0.4) is 0 Å². The van der Waals surface area contributed by atoms with E-state index in [1.165, 1.54) is 0 Å². The third-order valence-corrected chi connectivity index (χ3v) is 2.88. The van der Waals surface area contributed by atoms with Gasteiger partial charge in [-0.05, 0) is 29.8 Å². The second-order valence-corrected chi connectivity index (χ2v) is 4.47. The van der Waals surface area contributed by atoms with E-state index in [-0.39, 0.29) is 0 Å². The zero-order valence-corrected chi connectivity index (χ0v) is 10.7. The minimum absolute atomic E-state index is 0.435. The van der Waals surface area contributed by atoms with Crippen molar-refractivity contribution < 1.29 is 4.52 Å². The predicted octanol–water partition coefficient (Wildman–Crippen LogP) is 3.38. The maximum atomic E-state index is 5.84. The molecule has 0 aliphatic rings. The van der Waals surface area contributed by atoms with Crippen molar-refractivity contribution in [1.82, 2.24) is 15.1 Å². The summed E-state index contributed by atoms with van der Waals surface area (Å²) in [5.74, 6) is 1.06. The third kappa shape index (κ3) is 2.80. The van der Waals surface area contributed by atoms with E-state index in [1.807, 2.05) is 42.5 Å². The van der Waals surface area contributed by atoms with Crippen LogP contribution in [-0.4, -0.2) is 15.1 Å². The number of hydrogen-bond donors (Lipinski definition) is 0. The Balaban J connectivity index is 1.80. The normalized spacial score (nSPS) is 10.6. The van der Waals surface area contributed by atoms with Gasteiger partial charge in [0.2, 0.25) is 0 Å². The van der Waals surface area contributed by atoms with Gasteiger partial charge in [0.1, 0.15) is 5.69 Å². The van der Waals surface area contributed by atoms with Crippen molar-refractivity contribution in [2.24, 2.45) is 0 Å². The average molecular weight is 272 g/mol.